The van der Waals surface area contributed by atoms with Crippen molar-refractivity contribution in [2.75, 3.05) is 6.54 Å². The van der Waals surface area contributed by atoms with Crippen LogP contribution in [0.25, 0.3) is 0 Å². The number of carbonyl (C=O) groups is 2. The van der Waals surface area contributed by atoms with E-state index in [0.29, 0.717) is 13.0 Å². The van der Waals surface area contributed by atoms with Gasteiger partial charge in [0.1, 0.15) is 0 Å². The Hall–Kier alpha value is -1.10. The molecule has 0 bridgehead atoms. The van der Waals surface area contributed by atoms with Gasteiger partial charge in [0.25, 0.3) is 0 Å². The van der Waals surface area contributed by atoms with Gasteiger partial charge in [-0.05, 0) is 13.3 Å². The van der Waals surface area contributed by atoms with Crippen LogP contribution in [0, 0.1) is 5.92 Å². The van der Waals surface area contributed by atoms with Gasteiger partial charge < -0.3 is 16.2 Å². The lowest BCUT2D eigenvalue weighted by Crippen LogP contribution is -2.39. The minimum atomic E-state index is -0.852. The molecule has 13 heavy (non-hydrogen) atoms. The Labute approximate surface area is 77.3 Å². The highest BCUT2D eigenvalue weighted by molar-refractivity contribution is 5.81. The normalized spacial score (nSPS) is 14.7. The van der Waals surface area contributed by atoms with Crippen LogP contribution in [0.5, 0.6) is 0 Å². The average molecular weight is 188 g/mol. The Morgan fingerprint density at radius 3 is 2.38 bits per heavy atom. The van der Waals surface area contributed by atoms with E-state index in [1.165, 1.54) is 0 Å². The number of nitrogens with two attached hydrogens (primary N) is 1. The zero-order chi connectivity index (χ0) is 10.4. The summed E-state index contributed by atoms with van der Waals surface area (Å²) in [5.74, 6) is -1.54. The van der Waals surface area contributed by atoms with Crippen LogP contribution in [0.2, 0.25) is 0 Å². The molecule has 0 aromatic heterocycles. The van der Waals surface area contributed by atoms with Crippen molar-refractivity contribution in [3.63, 3.8) is 0 Å². The first-order valence-electron chi connectivity index (χ1n) is 4.21. The van der Waals surface area contributed by atoms with E-state index in [1.807, 2.05) is 0 Å². The van der Waals surface area contributed by atoms with E-state index in [0.717, 1.165) is 0 Å². The Kier molecular flexibility index (Phi) is 5.06. The summed E-state index contributed by atoms with van der Waals surface area (Å²) in [5, 5.41) is 11.1. The van der Waals surface area contributed by atoms with E-state index in [1.54, 1.807) is 13.8 Å². The number of rotatable bonds is 5. The molecule has 5 heteroatoms. The number of hydrogen-bond acceptors (Lipinski definition) is 3. The molecule has 0 fully saturated rings. The van der Waals surface area contributed by atoms with Crippen LogP contribution >= 0.6 is 0 Å². The first kappa shape index (κ1) is 11.9. The van der Waals surface area contributed by atoms with Crippen molar-refractivity contribution in [2.24, 2.45) is 11.7 Å². The molecule has 5 nitrogen and oxygen atoms in total. The average Bonchev–Trinajstić information content (AvgIpc) is 2.03. The Morgan fingerprint density at radius 2 is 2.00 bits per heavy atom. The standard InChI is InChI=1S/C8H16N2O3/c1-5(8(12)13)3-4-10-7(11)6(2)9/h5-6H,3-4,9H2,1-2H3,(H,10,11)(H,12,13). The van der Waals surface area contributed by atoms with E-state index in [2.05, 4.69) is 5.32 Å². The molecule has 0 radical (unpaired) electrons. The lowest BCUT2D eigenvalue weighted by Gasteiger charge is -2.09. The third kappa shape index (κ3) is 5.19. The van der Waals surface area contributed by atoms with Gasteiger partial charge in [0.2, 0.25) is 5.91 Å². The molecule has 0 saturated heterocycles. The smallest absolute Gasteiger partial charge is 0.306 e. The van der Waals surface area contributed by atoms with Crippen molar-refractivity contribution in [1.29, 1.82) is 0 Å². The predicted molar refractivity (Wildman–Crippen MR) is 48.1 cm³/mol. The molecule has 0 aliphatic heterocycles. The van der Waals surface area contributed by atoms with Crippen LogP contribution in [0.3, 0.4) is 0 Å². The van der Waals surface area contributed by atoms with E-state index in [-0.39, 0.29) is 5.91 Å². The summed E-state index contributed by atoms with van der Waals surface area (Å²) in [4.78, 5) is 21.3. The second-order valence-corrected chi connectivity index (χ2v) is 3.11. The fraction of sp³-hybridized carbons (Fsp3) is 0.750. The second-order valence-electron chi connectivity index (χ2n) is 3.11. The molecule has 0 saturated carbocycles. The number of hydrogen-bond donors (Lipinski definition) is 3. The van der Waals surface area contributed by atoms with E-state index in [4.69, 9.17) is 10.8 Å². The molecule has 4 N–H and O–H groups in total. The fourth-order valence-corrected chi connectivity index (χ4v) is 0.696. The maximum atomic E-state index is 10.9. The zero-order valence-electron chi connectivity index (χ0n) is 7.91. The third-order valence-electron chi connectivity index (χ3n) is 1.71. The molecule has 0 spiro atoms. The number of nitrogens with one attached hydrogen (secondary N) is 1. The Bertz CT molecular complexity index is 192. The maximum Gasteiger partial charge on any atom is 0.306 e. The predicted octanol–water partition coefficient (Wildman–Crippen LogP) is -0.439. The van der Waals surface area contributed by atoms with E-state index in [9.17, 15) is 9.59 Å². The SMILES string of the molecule is CC(N)C(=O)NCCC(C)C(=O)O. The van der Waals surface area contributed by atoms with Gasteiger partial charge in [0.15, 0.2) is 0 Å². The topological polar surface area (TPSA) is 92.4 Å². The van der Waals surface area contributed by atoms with Gasteiger partial charge in [-0.25, -0.2) is 0 Å². The van der Waals surface area contributed by atoms with Crippen molar-refractivity contribution in [1.82, 2.24) is 5.32 Å². The second kappa shape index (κ2) is 5.53. The first-order chi connectivity index (χ1) is 5.95. The van der Waals surface area contributed by atoms with Gasteiger partial charge in [-0.1, -0.05) is 6.92 Å². The molecule has 0 aromatic carbocycles. The minimum absolute atomic E-state index is 0.252. The van der Waals surface area contributed by atoms with E-state index < -0.39 is 17.9 Å². The highest BCUT2D eigenvalue weighted by Crippen LogP contribution is 1.99. The van der Waals surface area contributed by atoms with Crippen LogP contribution in [0.1, 0.15) is 20.3 Å². The molecule has 76 valence electrons. The van der Waals surface area contributed by atoms with Gasteiger partial charge >= 0.3 is 5.97 Å². The highest BCUT2D eigenvalue weighted by atomic mass is 16.4. The fourth-order valence-electron chi connectivity index (χ4n) is 0.696. The van der Waals surface area contributed by atoms with Gasteiger partial charge in [-0.3, -0.25) is 9.59 Å². The van der Waals surface area contributed by atoms with Crippen molar-refractivity contribution in [2.45, 2.75) is 26.3 Å². The zero-order valence-corrected chi connectivity index (χ0v) is 7.91. The lowest BCUT2D eigenvalue weighted by atomic mass is 10.1. The summed E-state index contributed by atoms with van der Waals surface area (Å²) < 4.78 is 0. The number of carbonyl (C=O) groups excluding carboxylic acids is 1. The summed E-state index contributed by atoms with van der Waals surface area (Å²) in [5.41, 5.74) is 5.28. The van der Waals surface area contributed by atoms with Gasteiger partial charge in [-0.15, -0.1) is 0 Å². The summed E-state index contributed by atoms with van der Waals surface area (Å²) >= 11 is 0. The van der Waals surface area contributed by atoms with Crippen LogP contribution in [0.4, 0.5) is 0 Å². The Balaban J connectivity index is 3.56. The lowest BCUT2D eigenvalue weighted by molar-refractivity contribution is -0.141. The monoisotopic (exact) mass is 188 g/mol. The molecule has 0 heterocycles. The third-order valence-corrected chi connectivity index (χ3v) is 1.71. The molecule has 0 rings (SSSR count). The molecular formula is C8H16N2O3. The molecule has 0 aromatic rings. The van der Waals surface area contributed by atoms with Crippen molar-refractivity contribution < 1.29 is 14.7 Å². The minimum Gasteiger partial charge on any atom is -0.481 e. The number of aliphatic carboxylic acids is 1. The molecule has 1 amide bonds. The van der Waals surface area contributed by atoms with Gasteiger partial charge in [-0.2, -0.15) is 0 Å². The summed E-state index contributed by atoms with van der Waals surface area (Å²) in [6, 6.07) is -0.542. The Morgan fingerprint density at radius 1 is 1.46 bits per heavy atom. The van der Waals surface area contributed by atoms with Crippen molar-refractivity contribution in [3.05, 3.63) is 0 Å². The van der Waals surface area contributed by atoms with Crippen LogP contribution in [-0.4, -0.2) is 29.6 Å². The van der Waals surface area contributed by atoms with Crippen LogP contribution in [0.15, 0.2) is 0 Å². The molecule has 0 aliphatic rings. The quantitative estimate of drug-likeness (QED) is 0.545. The van der Waals surface area contributed by atoms with Gasteiger partial charge in [0, 0.05) is 6.54 Å². The highest BCUT2D eigenvalue weighted by Gasteiger charge is 2.11. The first-order valence-corrected chi connectivity index (χ1v) is 4.21. The molecule has 0 aliphatic carbocycles. The molecule has 2 atom stereocenters. The summed E-state index contributed by atoms with van der Waals surface area (Å²) in [7, 11) is 0. The van der Waals surface area contributed by atoms with Crippen molar-refractivity contribution in [3.8, 4) is 0 Å². The number of amides is 1. The number of carboxylic acid groups (broad SMARTS) is 1. The number of carboxylic acids is 1. The maximum absolute atomic E-state index is 10.9. The van der Waals surface area contributed by atoms with Gasteiger partial charge in [0.05, 0.1) is 12.0 Å². The molecular weight excluding hydrogens is 172 g/mol. The van der Waals surface area contributed by atoms with Crippen molar-refractivity contribution >= 4 is 11.9 Å². The van der Waals surface area contributed by atoms with Crippen LogP contribution < -0.4 is 11.1 Å². The largest absolute Gasteiger partial charge is 0.481 e. The van der Waals surface area contributed by atoms with Crippen LogP contribution in [-0.2, 0) is 9.59 Å². The summed E-state index contributed by atoms with van der Waals surface area (Å²) in [6.07, 6.45) is 0.424. The van der Waals surface area contributed by atoms with E-state index >= 15 is 0 Å². The summed E-state index contributed by atoms with van der Waals surface area (Å²) in [6.45, 7) is 3.53. The molecule has 2 unspecified atom stereocenters.